The maximum atomic E-state index is 12.2. The number of carbonyl (C=O) groups is 1. The van der Waals surface area contributed by atoms with Crippen LogP contribution in [0.3, 0.4) is 0 Å². The van der Waals surface area contributed by atoms with Gasteiger partial charge in [0.1, 0.15) is 0 Å². The molecule has 0 atom stereocenters. The first-order chi connectivity index (χ1) is 10.2. The largest absolute Gasteiger partial charge is 0.459 e. The first kappa shape index (κ1) is 14.4. The summed E-state index contributed by atoms with van der Waals surface area (Å²) >= 11 is 1.84. The molecular weight excluding hydrogens is 284 g/mol. The normalized spacial score (nSPS) is 16.3. The second kappa shape index (κ2) is 6.45. The van der Waals surface area contributed by atoms with Crippen molar-refractivity contribution in [2.75, 3.05) is 13.1 Å². The van der Waals surface area contributed by atoms with Gasteiger partial charge in [0, 0.05) is 35.4 Å². The molecule has 3 rings (SSSR count). The molecule has 0 bridgehead atoms. The van der Waals surface area contributed by atoms with E-state index in [1.165, 1.54) is 9.75 Å². The predicted octanol–water partition coefficient (Wildman–Crippen LogP) is 3.04. The molecule has 1 fully saturated rings. The number of nitrogens with one attached hydrogen (secondary N) is 1. The second-order valence-corrected chi connectivity index (χ2v) is 6.81. The molecule has 4 nitrogen and oxygen atoms in total. The van der Waals surface area contributed by atoms with Crippen molar-refractivity contribution < 1.29 is 9.21 Å². The monoisotopic (exact) mass is 304 g/mol. The smallest absolute Gasteiger partial charge is 0.289 e. The Morgan fingerprint density at radius 1 is 1.38 bits per heavy atom. The predicted molar refractivity (Wildman–Crippen MR) is 83.5 cm³/mol. The number of hydrogen-bond acceptors (Lipinski definition) is 4. The number of furan rings is 1. The number of thiophene rings is 1. The Hall–Kier alpha value is -1.59. The molecule has 1 amide bonds. The van der Waals surface area contributed by atoms with Crippen LogP contribution in [0.15, 0.2) is 34.9 Å². The lowest BCUT2D eigenvalue weighted by atomic mass is 10.0. The maximum absolute atomic E-state index is 12.2. The quantitative estimate of drug-likeness (QED) is 0.944. The number of nitrogens with zero attached hydrogens (tertiary/aromatic N) is 1. The van der Waals surface area contributed by atoms with E-state index in [4.69, 9.17) is 4.42 Å². The second-order valence-electron chi connectivity index (χ2n) is 5.44. The number of hydrogen-bond donors (Lipinski definition) is 1. The van der Waals surface area contributed by atoms with Crippen LogP contribution in [0.1, 0.15) is 33.2 Å². The van der Waals surface area contributed by atoms with Gasteiger partial charge in [-0.05, 0) is 44.0 Å². The minimum absolute atomic E-state index is 0.00679. The maximum Gasteiger partial charge on any atom is 0.289 e. The number of likely N-dealkylation sites (tertiary alicyclic amines) is 1. The standard InChI is InChI=1S/C16H20N2O2S/c1-12-4-5-14(21-12)11-17-13-6-8-18(9-7-13)16(19)15-3-2-10-20-15/h2-5,10,13,17H,6-9,11H2,1H3. The fraction of sp³-hybridized carbons (Fsp3) is 0.438. The van der Waals surface area contributed by atoms with Gasteiger partial charge in [0.05, 0.1) is 6.26 Å². The SMILES string of the molecule is Cc1ccc(CNC2CCN(C(=O)c3ccco3)CC2)s1. The molecule has 1 saturated heterocycles. The summed E-state index contributed by atoms with van der Waals surface area (Å²) in [6.07, 6.45) is 3.54. The molecule has 0 radical (unpaired) electrons. The summed E-state index contributed by atoms with van der Waals surface area (Å²) in [6.45, 7) is 4.64. The van der Waals surface area contributed by atoms with E-state index in [-0.39, 0.29) is 5.91 Å². The van der Waals surface area contributed by atoms with Crippen LogP contribution in [0.2, 0.25) is 0 Å². The Morgan fingerprint density at radius 2 is 2.19 bits per heavy atom. The highest BCUT2D eigenvalue weighted by Crippen LogP contribution is 2.17. The third kappa shape index (κ3) is 3.54. The highest BCUT2D eigenvalue weighted by molar-refractivity contribution is 7.11. The van der Waals surface area contributed by atoms with Gasteiger partial charge in [-0.1, -0.05) is 0 Å². The molecule has 0 aliphatic carbocycles. The van der Waals surface area contributed by atoms with Crippen molar-refractivity contribution >= 4 is 17.2 Å². The van der Waals surface area contributed by atoms with E-state index in [2.05, 4.69) is 24.4 Å². The van der Waals surface area contributed by atoms with E-state index in [0.29, 0.717) is 11.8 Å². The molecule has 0 saturated carbocycles. The fourth-order valence-electron chi connectivity index (χ4n) is 2.67. The summed E-state index contributed by atoms with van der Waals surface area (Å²) in [5, 5.41) is 3.59. The number of amides is 1. The van der Waals surface area contributed by atoms with Crippen LogP contribution in [0, 0.1) is 6.92 Å². The van der Waals surface area contributed by atoms with Crippen molar-refractivity contribution in [3.8, 4) is 0 Å². The van der Waals surface area contributed by atoms with Crippen molar-refractivity contribution in [3.63, 3.8) is 0 Å². The number of piperidine rings is 1. The minimum Gasteiger partial charge on any atom is -0.459 e. The summed E-state index contributed by atoms with van der Waals surface area (Å²) in [7, 11) is 0. The molecule has 5 heteroatoms. The third-order valence-electron chi connectivity index (χ3n) is 3.88. The average Bonchev–Trinajstić information content (AvgIpc) is 3.16. The Labute approximate surface area is 128 Å². The van der Waals surface area contributed by atoms with Gasteiger partial charge < -0.3 is 14.6 Å². The average molecular weight is 304 g/mol. The molecule has 1 aliphatic rings. The van der Waals surface area contributed by atoms with E-state index in [0.717, 1.165) is 32.5 Å². The van der Waals surface area contributed by atoms with Crippen molar-refractivity contribution in [3.05, 3.63) is 46.0 Å². The lowest BCUT2D eigenvalue weighted by molar-refractivity contribution is 0.0672. The van der Waals surface area contributed by atoms with E-state index in [1.54, 1.807) is 18.4 Å². The first-order valence-electron chi connectivity index (χ1n) is 7.34. The fourth-order valence-corrected chi connectivity index (χ4v) is 3.51. The molecule has 21 heavy (non-hydrogen) atoms. The molecule has 1 aliphatic heterocycles. The van der Waals surface area contributed by atoms with Crippen molar-refractivity contribution in [1.29, 1.82) is 0 Å². The van der Waals surface area contributed by atoms with Gasteiger partial charge in [-0.25, -0.2) is 0 Å². The molecule has 0 aromatic carbocycles. The van der Waals surface area contributed by atoms with Crippen LogP contribution in [-0.4, -0.2) is 29.9 Å². The topological polar surface area (TPSA) is 45.5 Å². The van der Waals surface area contributed by atoms with Crippen LogP contribution < -0.4 is 5.32 Å². The summed E-state index contributed by atoms with van der Waals surface area (Å²) in [6, 6.07) is 8.32. The van der Waals surface area contributed by atoms with Crippen LogP contribution in [0.25, 0.3) is 0 Å². The molecule has 1 N–H and O–H groups in total. The minimum atomic E-state index is 0.00679. The number of aryl methyl sites for hydroxylation is 1. The summed E-state index contributed by atoms with van der Waals surface area (Å²) < 4.78 is 5.18. The van der Waals surface area contributed by atoms with Crippen LogP contribution in [0.4, 0.5) is 0 Å². The summed E-state index contributed by atoms with van der Waals surface area (Å²) in [5.74, 6) is 0.447. The molecule has 0 unspecified atom stereocenters. The van der Waals surface area contributed by atoms with Crippen LogP contribution in [-0.2, 0) is 6.54 Å². The van der Waals surface area contributed by atoms with Crippen molar-refractivity contribution in [2.24, 2.45) is 0 Å². The Balaban J connectivity index is 1.45. The number of carbonyl (C=O) groups excluding carboxylic acids is 1. The van der Waals surface area contributed by atoms with Crippen molar-refractivity contribution in [1.82, 2.24) is 10.2 Å². The van der Waals surface area contributed by atoms with Gasteiger partial charge in [-0.15, -0.1) is 11.3 Å². The lowest BCUT2D eigenvalue weighted by Crippen LogP contribution is -2.44. The molecule has 3 heterocycles. The molecule has 2 aromatic heterocycles. The Morgan fingerprint density at radius 3 is 2.81 bits per heavy atom. The molecule has 0 spiro atoms. The Kier molecular flexibility index (Phi) is 4.41. The molecular formula is C16H20N2O2S. The van der Waals surface area contributed by atoms with E-state index < -0.39 is 0 Å². The molecule has 112 valence electrons. The summed E-state index contributed by atoms with van der Waals surface area (Å²) in [5.41, 5.74) is 0. The van der Waals surface area contributed by atoms with Crippen molar-refractivity contribution in [2.45, 2.75) is 32.4 Å². The van der Waals surface area contributed by atoms with Gasteiger partial charge in [-0.3, -0.25) is 4.79 Å². The van der Waals surface area contributed by atoms with Crippen LogP contribution in [0.5, 0.6) is 0 Å². The van der Waals surface area contributed by atoms with E-state index in [9.17, 15) is 4.79 Å². The highest BCUT2D eigenvalue weighted by atomic mass is 32.1. The lowest BCUT2D eigenvalue weighted by Gasteiger charge is -2.32. The zero-order valence-electron chi connectivity index (χ0n) is 12.2. The highest BCUT2D eigenvalue weighted by Gasteiger charge is 2.24. The summed E-state index contributed by atoms with van der Waals surface area (Å²) in [4.78, 5) is 16.8. The van der Waals surface area contributed by atoms with Gasteiger partial charge in [0.25, 0.3) is 5.91 Å². The van der Waals surface area contributed by atoms with Gasteiger partial charge in [0.15, 0.2) is 5.76 Å². The zero-order chi connectivity index (χ0) is 14.7. The Bertz CT molecular complexity index is 583. The van der Waals surface area contributed by atoms with Gasteiger partial charge in [0.2, 0.25) is 0 Å². The first-order valence-corrected chi connectivity index (χ1v) is 8.15. The third-order valence-corrected chi connectivity index (χ3v) is 4.88. The van der Waals surface area contributed by atoms with Gasteiger partial charge >= 0.3 is 0 Å². The van der Waals surface area contributed by atoms with E-state index >= 15 is 0 Å². The molecule has 2 aromatic rings. The number of rotatable bonds is 4. The van der Waals surface area contributed by atoms with Gasteiger partial charge in [-0.2, -0.15) is 0 Å². The zero-order valence-corrected chi connectivity index (χ0v) is 13.0. The van der Waals surface area contributed by atoms with E-state index in [1.807, 2.05) is 16.2 Å². The van der Waals surface area contributed by atoms with Crippen LogP contribution >= 0.6 is 11.3 Å².